The molecule has 0 spiro atoms. The van der Waals surface area contributed by atoms with E-state index in [1.807, 2.05) is 26.8 Å². The predicted molar refractivity (Wildman–Crippen MR) is 87.6 cm³/mol. The van der Waals surface area contributed by atoms with Crippen LogP contribution < -0.4 is 16.4 Å². The van der Waals surface area contributed by atoms with Crippen molar-refractivity contribution in [1.82, 2.24) is 10.6 Å². The summed E-state index contributed by atoms with van der Waals surface area (Å²) in [5.74, 6) is 0. The Balaban J connectivity index is 1.67. The molecule has 2 atom stereocenters. The number of carbonyl (C=O) groups is 1. The molecule has 2 rings (SSSR count). The van der Waals surface area contributed by atoms with Crippen molar-refractivity contribution in [2.75, 3.05) is 13.1 Å². The van der Waals surface area contributed by atoms with E-state index in [1.54, 1.807) is 0 Å². The first-order valence-corrected chi connectivity index (χ1v) is 7.91. The van der Waals surface area contributed by atoms with Crippen molar-refractivity contribution in [3.8, 4) is 0 Å². The molecule has 0 heterocycles. The highest BCUT2D eigenvalue weighted by molar-refractivity contribution is 5.67. The summed E-state index contributed by atoms with van der Waals surface area (Å²) in [4.78, 5) is 11.5. The summed E-state index contributed by atoms with van der Waals surface area (Å²) in [6.45, 7) is 7.00. The average molecular weight is 305 g/mol. The maximum atomic E-state index is 11.5. The van der Waals surface area contributed by atoms with E-state index in [1.165, 1.54) is 11.1 Å². The van der Waals surface area contributed by atoms with Crippen LogP contribution in [-0.2, 0) is 4.74 Å². The Hall–Kier alpha value is -1.59. The normalized spacial score (nSPS) is 20.5. The number of nitrogens with one attached hydrogen (secondary N) is 2. The van der Waals surface area contributed by atoms with E-state index in [0.717, 1.165) is 19.4 Å². The molecule has 0 saturated heterocycles. The van der Waals surface area contributed by atoms with Gasteiger partial charge in [-0.15, -0.1) is 0 Å². The second-order valence-corrected chi connectivity index (χ2v) is 6.76. The molecule has 1 amide bonds. The van der Waals surface area contributed by atoms with Gasteiger partial charge in [-0.1, -0.05) is 24.3 Å². The summed E-state index contributed by atoms with van der Waals surface area (Å²) < 4.78 is 5.19. The van der Waals surface area contributed by atoms with Gasteiger partial charge in [0.15, 0.2) is 0 Å². The molecule has 0 bridgehead atoms. The van der Waals surface area contributed by atoms with Crippen LogP contribution in [0.3, 0.4) is 0 Å². The average Bonchev–Trinajstić information content (AvgIpc) is 2.74. The highest BCUT2D eigenvalue weighted by Gasteiger charge is 2.27. The fourth-order valence-corrected chi connectivity index (χ4v) is 2.74. The van der Waals surface area contributed by atoms with Crippen molar-refractivity contribution in [1.29, 1.82) is 0 Å². The van der Waals surface area contributed by atoms with Crippen LogP contribution in [0.1, 0.15) is 56.8 Å². The van der Waals surface area contributed by atoms with Crippen LogP contribution in [0.5, 0.6) is 0 Å². The number of rotatable bonds is 5. The Kier molecular flexibility index (Phi) is 5.42. The lowest BCUT2D eigenvalue weighted by Gasteiger charge is -2.20. The summed E-state index contributed by atoms with van der Waals surface area (Å²) in [7, 11) is 0. The number of nitrogens with two attached hydrogens (primary N) is 1. The lowest BCUT2D eigenvalue weighted by atomic mass is 10.1. The van der Waals surface area contributed by atoms with Crippen LogP contribution >= 0.6 is 0 Å². The molecule has 0 saturated carbocycles. The first-order valence-electron chi connectivity index (χ1n) is 7.91. The third-order valence-electron chi connectivity index (χ3n) is 3.67. The van der Waals surface area contributed by atoms with Crippen LogP contribution in [-0.4, -0.2) is 24.8 Å². The zero-order chi connectivity index (χ0) is 16.2. The minimum Gasteiger partial charge on any atom is -0.444 e. The molecule has 5 heteroatoms. The number of carbonyl (C=O) groups excluding carboxylic acids is 1. The van der Waals surface area contributed by atoms with Crippen LogP contribution in [0.2, 0.25) is 0 Å². The maximum absolute atomic E-state index is 11.5. The molecule has 1 aromatic carbocycles. The predicted octanol–water partition coefficient (Wildman–Crippen LogP) is 2.64. The smallest absolute Gasteiger partial charge is 0.407 e. The van der Waals surface area contributed by atoms with E-state index in [9.17, 15) is 4.79 Å². The lowest BCUT2D eigenvalue weighted by Crippen LogP contribution is -2.34. The molecular formula is C17H27N3O2. The van der Waals surface area contributed by atoms with Crippen LogP contribution in [0, 0.1) is 0 Å². The van der Waals surface area contributed by atoms with Gasteiger partial charge >= 0.3 is 6.09 Å². The van der Waals surface area contributed by atoms with E-state index in [0.29, 0.717) is 12.6 Å². The van der Waals surface area contributed by atoms with Crippen molar-refractivity contribution in [2.45, 2.75) is 51.3 Å². The third-order valence-corrected chi connectivity index (χ3v) is 3.67. The summed E-state index contributed by atoms with van der Waals surface area (Å²) in [5, 5.41) is 6.28. The van der Waals surface area contributed by atoms with E-state index >= 15 is 0 Å². The number of hydrogen-bond donors (Lipinski definition) is 3. The molecule has 0 aromatic heterocycles. The monoisotopic (exact) mass is 305 g/mol. The maximum Gasteiger partial charge on any atom is 0.407 e. The minimum atomic E-state index is -0.452. The number of alkyl carbamates (subject to hydrolysis) is 1. The van der Waals surface area contributed by atoms with Crippen LogP contribution in [0.4, 0.5) is 4.79 Å². The third kappa shape index (κ3) is 4.71. The first-order chi connectivity index (χ1) is 10.4. The molecule has 1 aliphatic rings. The Morgan fingerprint density at radius 1 is 1.27 bits per heavy atom. The van der Waals surface area contributed by atoms with Crippen LogP contribution in [0.25, 0.3) is 0 Å². The van der Waals surface area contributed by atoms with Crippen molar-refractivity contribution in [3.05, 3.63) is 35.4 Å². The molecule has 122 valence electrons. The van der Waals surface area contributed by atoms with E-state index < -0.39 is 5.60 Å². The van der Waals surface area contributed by atoms with E-state index in [4.69, 9.17) is 10.5 Å². The second kappa shape index (κ2) is 7.11. The van der Waals surface area contributed by atoms with Crippen molar-refractivity contribution < 1.29 is 9.53 Å². The molecule has 4 N–H and O–H groups in total. The van der Waals surface area contributed by atoms with Gasteiger partial charge in [-0.25, -0.2) is 4.79 Å². The zero-order valence-electron chi connectivity index (χ0n) is 13.7. The standard InChI is InChI=1S/C17H27N3O2/c1-17(2,3)22-16(21)20-10-6-9-19-15-11-14(18)12-7-4-5-8-13(12)15/h4-5,7-8,14-15,19H,6,9-11,18H2,1-3H3,(H,20,21). The molecular weight excluding hydrogens is 278 g/mol. The SMILES string of the molecule is CC(C)(C)OC(=O)NCCCNC1CC(N)c2ccccc21. The van der Waals surface area contributed by atoms with Gasteiger partial charge in [-0.2, -0.15) is 0 Å². The van der Waals surface area contributed by atoms with Gasteiger partial charge in [0, 0.05) is 18.6 Å². The number of hydrogen-bond acceptors (Lipinski definition) is 4. The summed E-state index contributed by atoms with van der Waals surface area (Å²) >= 11 is 0. The Morgan fingerprint density at radius 2 is 1.95 bits per heavy atom. The summed E-state index contributed by atoms with van der Waals surface area (Å²) in [6.07, 6.45) is 1.42. The Morgan fingerprint density at radius 3 is 2.64 bits per heavy atom. The fourth-order valence-electron chi connectivity index (χ4n) is 2.74. The molecule has 5 nitrogen and oxygen atoms in total. The molecule has 0 aliphatic heterocycles. The number of fused-ring (bicyclic) bond motifs is 1. The second-order valence-electron chi connectivity index (χ2n) is 6.76. The summed E-state index contributed by atoms with van der Waals surface area (Å²) in [6, 6.07) is 8.76. The first kappa shape index (κ1) is 16.8. The van der Waals surface area contributed by atoms with Gasteiger partial charge in [0.25, 0.3) is 0 Å². The molecule has 1 aromatic rings. The minimum absolute atomic E-state index is 0.119. The van der Waals surface area contributed by atoms with Gasteiger partial charge in [0.1, 0.15) is 5.60 Å². The van der Waals surface area contributed by atoms with Gasteiger partial charge in [-0.05, 0) is 51.3 Å². The van der Waals surface area contributed by atoms with Crippen LogP contribution in [0.15, 0.2) is 24.3 Å². The quantitative estimate of drug-likeness (QED) is 0.731. The highest BCUT2D eigenvalue weighted by atomic mass is 16.6. The van der Waals surface area contributed by atoms with Gasteiger partial charge < -0.3 is 21.1 Å². The molecule has 0 fully saturated rings. The van der Waals surface area contributed by atoms with Crippen molar-refractivity contribution in [3.63, 3.8) is 0 Å². The number of benzene rings is 1. The molecule has 22 heavy (non-hydrogen) atoms. The topological polar surface area (TPSA) is 76.4 Å². The number of ether oxygens (including phenoxy) is 1. The number of amides is 1. The lowest BCUT2D eigenvalue weighted by molar-refractivity contribution is 0.0527. The fraction of sp³-hybridized carbons (Fsp3) is 0.588. The van der Waals surface area contributed by atoms with E-state index in [-0.39, 0.29) is 12.1 Å². The van der Waals surface area contributed by atoms with Gasteiger partial charge in [0.2, 0.25) is 0 Å². The Labute approximate surface area is 132 Å². The molecule has 1 aliphatic carbocycles. The van der Waals surface area contributed by atoms with Gasteiger partial charge in [0.05, 0.1) is 0 Å². The van der Waals surface area contributed by atoms with E-state index in [2.05, 4.69) is 28.8 Å². The molecule has 2 unspecified atom stereocenters. The largest absolute Gasteiger partial charge is 0.444 e. The van der Waals surface area contributed by atoms with Crippen molar-refractivity contribution in [2.24, 2.45) is 5.73 Å². The summed E-state index contributed by atoms with van der Waals surface area (Å²) in [5.41, 5.74) is 8.24. The Bertz CT molecular complexity index is 511. The zero-order valence-corrected chi connectivity index (χ0v) is 13.7. The molecule has 0 radical (unpaired) electrons. The van der Waals surface area contributed by atoms with Gasteiger partial charge in [-0.3, -0.25) is 0 Å². The van der Waals surface area contributed by atoms with Crippen molar-refractivity contribution >= 4 is 6.09 Å². The highest BCUT2D eigenvalue weighted by Crippen LogP contribution is 2.36.